The van der Waals surface area contributed by atoms with Crippen LogP contribution < -0.4 is 5.32 Å². The zero-order chi connectivity index (χ0) is 15.1. The highest BCUT2D eigenvalue weighted by molar-refractivity contribution is 7.99. The standard InChI is InChI=1S/C16H20ClN3S/c1-3-5-14-15(18-10-4-2)19-11-20-16(14)21-13-8-6-12(17)7-9-13/h6-9,11H,3-5,10H2,1-2H3,(H,18,19,20). The molecule has 1 aromatic heterocycles. The van der Waals surface area contributed by atoms with E-state index in [0.717, 1.165) is 46.6 Å². The van der Waals surface area contributed by atoms with Gasteiger partial charge in [-0.05, 0) is 37.1 Å². The van der Waals surface area contributed by atoms with E-state index in [9.17, 15) is 0 Å². The molecule has 1 heterocycles. The number of anilines is 1. The van der Waals surface area contributed by atoms with Gasteiger partial charge in [-0.2, -0.15) is 0 Å². The van der Waals surface area contributed by atoms with E-state index < -0.39 is 0 Å². The Balaban J connectivity index is 2.26. The van der Waals surface area contributed by atoms with Crippen LogP contribution in [-0.4, -0.2) is 16.5 Å². The lowest BCUT2D eigenvalue weighted by atomic mass is 10.2. The minimum absolute atomic E-state index is 0.751. The average Bonchev–Trinajstić information content (AvgIpc) is 2.50. The number of hydrogen-bond acceptors (Lipinski definition) is 4. The molecule has 0 spiro atoms. The van der Waals surface area contributed by atoms with Crippen LogP contribution in [0.4, 0.5) is 5.82 Å². The molecule has 0 saturated carbocycles. The Kier molecular flexibility index (Phi) is 6.33. The molecule has 0 unspecified atom stereocenters. The van der Waals surface area contributed by atoms with Crippen LogP contribution in [-0.2, 0) is 6.42 Å². The van der Waals surface area contributed by atoms with Gasteiger partial charge in [-0.15, -0.1) is 0 Å². The van der Waals surface area contributed by atoms with E-state index in [2.05, 4.69) is 29.1 Å². The third kappa shape index (κ3) is 4.61. The minimum atomic E-state index is 0.751. The molecule has 2 aromatic rings. The summed E-state index contributed by atoms with van der Waals surface area (Å²) in [5, 5.41) is 5.17. The van der Waals surface area contributed by atoms with Crippen LogP contribution >= 0.6 is 23.4 Å². The maximum Gasteiger partial charge on any atom is 0.133 e. The normalized spacial score (nSPS) is 10.6. The van der Waals surface area contributed by atoms with Crippen molar-refractivity contribution in [1.29, 1.82) is 0 Å². The summed E-state index contributed by atoms with van der Waals surface area (Å²) in [6, 6.07) is 7.84. The number of halogens is 1. The summed E-state index contributed by atoms with van der Waals surface area (Å²) in [6.45, 7) is 5.25. The number of hydrogen-bond donors (Lipinski definition) is 1. The molecule has 112 valence electrons. The molecule has 0 aliphatic heterocycles. The second-order valence-corrected chi connectivity index (χ2v) is 6.24. The summed E-state index contributed by atoms with van der Waals surface area (Å²) in [6.07, 6.45) is 4.76. The van der Waals surface area contributed by atoms with Gasteiger partial charge >= 0.3 is 0 Å². The second kappa shape index (κ2) is 8.25. The van der Waals surface area contributed by atoms with Crippen LogP contribution in [0.2, 0.25) is 5.02 Å². The molecule has 1 aromatic carbocycles. The smallest absolute Gasteiger partial charge is 0.133 e. The van der Waals surface area contributed by atoms with Crippen molar-refractivity contribution in [1.82, 2.24) is 9.97 Å². The fourth-order valence-corrected chi connectivity index (χ4v) is 3.01. The predicted molar refractivity (Wildman–Crippen MR) is 90.4 cm³/mol. The largest absolute Gasteiger partial charge is 0.370 e. The maximum absolute atomic E-state index is 5.93. The van der Waals surface area contributed by atoms with E-state index in [1.807, 2.05) is 24.3 Å². The van der Waals surface area contributed by atoms with E-state index in [1.54, 1.807) is 18.1 Å². The van der Waals surface area contributed by atoms with Gasteiger partial charge in [-0.25, -0.2) is 9.97 Å². The third-order valence-electron chi connectivity index (χ3n) is 2.98. The number of aromatic nitrogens is 2. The Hall–Kier alpha value is -1.26. The number of nitrogens with zero attached hydrogens (tertiary/aromatic N) is 2. The number of rotatable bonds is 7. The predicted octanol–water partition coefficient (Wildman–Crippen LogP) is 5.06. The molecule has 0 radical (unpaired) electrons. The summed E-state index contributed by atoms with van der Waals surface area (Å²) in [4.78, 5) is 9.99. The van der Waals surface area contributed by atoms with Crippen LogP contribution in [0.3, 0.4) is 0 Å². The van der Waals surface area contributed by atoms with Gasteiger partial charge in [0, 0.05) is 22.0 Å². The lowest BCUT2D eigenvalue weighted by molar-refractivity contribution is 0.849. The first kappa shape index (κ1) is 16.1. The lowest BCUT2D eigenvalue weighted by Gasteiger charge is -2.13. The van der Waals surface area contributed by atoms with E-state index >= 15 is 0 Å². The quantitative estimate of drug-likeness (QED) is 0.724. The van der Waals surface area contributed by atoms with Gasteiger partial charge < -0.3 is 5.32 Å². The van der Waals surface area contributed by atoms with Crippen molar-refractivity contribution >= 4 is 29.2 Å². The van der Waals surface area contributed by atoms with Crippen LogP contribution in [0.15, 0.2) is 40.5 Å². The molecular weight excluding hydrogens is 302 g/mol. The first-order valence-corrected chi connectivity index (χ1v) is 8.45. The van der Waals surface area contributed by atoms with Crippen molar-refractivity contribution in [2.75, 3.05) is 11.9 Å². The maximum atomic E-state index is 5.93. The topological polar surface area (TPSA) is 37.8 Å². The van der Waals surface area contributed by atoms with Crippen molar-refractivity contribution in [2.45, 2.75) is 43.0 Å². The van der Waals surface area contributed by atoms with E-state index in [-0.39, 0.29) is 0 Å². The second-order valence-electron chi connectivity index (χ2n) is 4.74. The molecule has 0 fully saturated rings. The summed E-state index contributed by atoms with van der Waals surface area (Å²) in [5.41, 5.74) is 1.20. The molecule has 0 atom stereocenters. The van der Waals surface area contributed by atoms with Gasteiger partial charge in [0.25, 0.3) is 0 Å². The van der Waals surface area contributed by atoms with Gasteiger partial charge in [0.1, 0.15) is 17.2 Å². The van der Waals surface area contributed by atoms with Crippen LogP contribution in [0.5, 0.6) is 0 Å². The highest BCUT2D eigenvalue weighted by Crippen LogP contribution is 2.32. The van der Waals surface area contributed by atoms with E-state index in [4.69, 9.17) is 11.6 Å². The van der Waals surface area contributed by atoms with Crippen molar-refractivity contribution in [3.8, 4) is 0 Å². The van der Waals surface area contributed by atoms with Crippen molar-refractivity contribution in [2.24, 2.45) is 0 Å². The van der Waals surface area contributed by atoms with Gasteiger partial charge in [0.2, 0.25) is 0 Å². The molecule has 0 aliphatic carbocycles. The molecule has 21 heavy (non-hydrogen) atoms. The van der Waals surface area contributed by atoms with Crippen molar-refractivity contribution in [3.63, 3.8) is 0 Å². The molecule has 0 amide bonds. The van der Waals surface area contributed by atoms with Gasteiger partial charge in [-0.3, -0.25) is 0 Å². The molecule has 2 rings (SSSR count). The fraction of sp³-hybridized carbons (Fsp3) is 0.375. The van der Waals surface area contributed by atoms with E-state index in [1.165, 1.54) is 5.56 Å². The zero-order valence-corrected chi connectivity index (χ0v) is 14.0. The lowest BCUT2D eigenvalue weighted by Crippen LogP contribution is -2.07. The van der Waals surface area contributed by atoms with Gasteiger partial charge in [0.15, 0.2) is 0 Å². The SMILES string of the molecule is CCCNc1ncnc(Sc2ccc(Cl)cc2)c1CCC. The fourth-order valence-electron chi connectivity index (χ4n) is 1.97. The van der Waals surface area contributed by atoms with Crippen LogP contribution in [0.25, 0.3) is 0 Å². The molecule has 5 heteroatoms. The molecular formula is C16H20ClN3S. The molecule has 0 bridgehead atoms. The Bertz CT molecular complexity index is 572. The summed E-state index contributed by atoms with van der Waals surface area (Å²) in [7, 11) is 0. The summed E-state index contributed by atoms with van der Waals surface area (Å²) < 4.78 is 0. The molecule has 0 aliphatic rings. The molecule has 1 N–H and O–H groups in total. The van der Waals surface area contributed by atoms with Crippen molar-refractivity contribution in [3.05, 3.63) is 41.2 Å². The highest BCUT2D eigenvalue weighted by Gasteiger charge is 2.11. The molecule has 3 nitrogen and oxygen atoms in total. The first-order chi connectivity index (χ1) is 10.2. The Morgan fingerprint density at radius 1 is 1.10 bits per heavy atom. The van der Waals surface area contributed by atoms with E-state index in [0.29, 0.717) is 0 Å². The van der Waals surface area contributed by atoms with Gasteiger partial charge in [-0.1, -0.05) is 43.6 Å². The number of nitrogens with one attached hydrogen (secondary N) is 1. The summed E-state index contributed by atoms with van der Waals surface area (Å²) in [5.74, 6) is 0.963. The first-order valence-electron chi connectivity index (χ1n) is 7.25. The molecule has 0 saturated heterocycles. The van der Waals surface area contributed by atoms with Crippen LogP contribution in [0, 0.1) is 0 Å². The Labute approximate surface area is 135 Å². The van der Waals surface area contributed by atoms with Crippen molar-refractivity contribution < 1.29 is 0 Å². The van der Waals surface area contributed by atoms with Gasteiger partial charge in [0.05, 0.1) is 0 Å². The number of benzene rings is 1. The monoisotopic (exact) mass is 321 g/mol. The summed E-state index contributed by atoms with van der Waals surface area (Å²) >= 11 is 7.59. The zero-order valence-electron chi connectivity index (χ0n) is 12.4. The van der Waals surface area contributed by atoms with Crippen LogP contribution in [0.1, 0.15) is 32.3 Å². The minimum Gasteiger partial charge on any atom is -0.370 e. The third-order valence-corrected chi connectivity index (χ3v) is 4.28. The highest BCUT2D eigenvalue weighted by atomic mass is 35.5. The Morgan fingerprint density at radius 2 is 1.86 bits per heavy atom. The Morgan fingerprint density at radius 3 is 2.52 bits per heavy atom. The average molecular weight is 322 g/mol.